The molecule has 1 aromatic carbocycles. The molecule has 4 aliphatic carbocycles. The van der Waals surface area contributed by atoms with Crippen LogP contribution in [0.4, 0.5) is 0 Å². The molecule has 0 aliphatic heterocycles. The Hall–Kier alpha value is -1.40. The highest BCUT2D eigenvalue weighted by Gasteiger charge is 2.52. The van der Waals surface area contributed by atoms with Crippen molar-refractivity contribution in [1.29, 1.82) is 0 Å². The molecule has 1 aromatic heterocycles. The van der Waals surface area contributed by atoms with Crippen LogP contribution < -0.4 is 4.72 Å². The molecule has 0 amide bonds. The molecule has 6 rings (SSSR count). The van der Waals surface area contributed by atoms with Crippen LogP contribution >= 0.6 is 0 Å². The van der Waals surface area contributed by atoms with Gasteiger partial charge in [-0.25, -0.2) is 18.1 Å². The fraction of sp³-hybridized carbons (Fsp3) is 0.632. The molecule has 0 spiro atoms. The average molecular weight is 359 g/mol. The third-order valence-corrected chi connectivity index (χ3v) is 8.00. The summed E-state index contributed by atoms with van der Waals surface area (Å²) in [7, 11) is -3.29. The number of fused-ring (bicyclic) bond motifs is 1. The van der Waals surface area contributed by atoms with Crippen molar-refractivity contribution in [2.24, 2.45) is 17.8 Å². The van der Waals surface area contributed by atoms with Gasteiger partial charge in [-0.3, -0.25) is 0 Å². The van der Waals surface area contributed by atoms with Crippen LogP contribution in [0, 0.1) is 17.8 Å². The first-order valence-corrected chi connectivity index (χ1v) is 11.1. The Morgan fingerprint density at radius 3 is 2.40 bits per heavy atom. The predicted octanol–water partition coefficient (Wildman–Crippen LogP) is 2.92. The number of aryl methyl sites for hydroxylation is 1. The summed E-state index contributed by atoms with van der Waals surface area (Å²) in [6, 6.07) is 7.85. The molecule has 4 fully saturated rings. The fourth-order valence-electron chi connectivity index (χ4n) is 6.02. The van der Waals surface area contributed by atoms with Crippen LogP contribution in [0.5, 0.6) is 0 Å². The van der Waals surface area contributed by atoms with Crippen molar-refractivity contribution >= 4 is 21.1 Å². The summed E-state index contributed by atoms with van der Waals surface area (Å²) in [5.74, 6) is 2.35. The van der Waals surface area contributed by atoms with Crippen LogP contribution in [0.1, 0.15) is 38.5 Å². The predicted molar refractivity (Wildman–Crippen MR) is 97.6 cm³/mol. The number of sulfonamides is 1. The minimum absolute atomic E-state index is 0.120. The molecule has 0 saturated heterocycles. The zero-order chi connectivity index (χ0) is 17.1. The Morgan fingerprint density at radius 2 is 1.72 bits per heavy atom. The quantitative estimate of drug-likeness (QED) is 0.893. The highest BCUT2D eigenvalue weighted by Crippen LogP contribution is 2.55. The number of hydrogen-bond acceptors (Lipinski definition) is 3. The lowest BCUT2D eigenvalue weighted by Gasteiger charge is -2.56. The van der Waals surface area contributed by atoms with Crippen molar-refractivity contribution in [1.82, 2.24) is 14.3 Å². The van der Waals surface area contributed by atoms with E-state index in [1.54, 1.807) is 6.33 Å². The molecular weight excluding hydrogens is 334 g/mol. The Labute approximate surface area is 148 Å². The van der Waals surface area contributed by atoms with E-state index in [0.29, 0.717) is 6.54 Å². The zero-order valence-electron chi connectivity index (χ0n) is 14.4. The van der Waals surface area contributed by atoms with Crippen LogP contribution in [-0.2, 0) is 16.6 Å². The van der Waals surface area contributed by atoms with E-state index in [1.165, 1.54) is 19.3 Å². The average Bonchev–Trinajstić information content (AvgIpc) is 2.94. The van der Waals surface area contributed by atoms with Crippen molar-refractivity contribution in [3.63, 3.8) is 0 Å². The van der Waals surface area contributed by atoms with Crippen molar-refractivity contribution in [3.8, 4) is 0 Å². The maximum Gasteiger partial charge on any atom is 0.213 e. The molecule has 0 atom stereocenters. The van der Waals surface area contributed by atoms with Crippen LogP contribution in [0.25, 0.3) is 11.0 Å². The van der Waals surface area contributed by atoms with Gasteiger partial charge in [0.15, 0.2) is 0 Å². The van der Waals surface area contributed by atoms with E-state index < -0.39 is 10.0 Å². The van der Waals surface area contributed by atoms with E-state index in [9.17, 15) is 8.42 Å². The standard InChI is InChI=1S/C19H25N3O2S/c23-25(24,6-5-22-13-20-17-3-1-2-4-18(17)22)21-19-10-14-7-15(11-19)9-16(8-14)12-19/h1-4,13-16,21H,5-12H2. The van der Waals surface area contributed by atoms with Gasteiger partial charge in [-0.15, -0.1) is 0 Å². The Bertz CT molecular complexity index is 867. The molecule has 4 saturated carbocycles. The molecule has 25 heavy (non-hydrogen) atoms. The van der Waals surface area contributed by atoms with Crippen molar-refractivity contribution in [3.05, 3.63) is 30.6 Å². The van der Waals surface area contributed by atoms with E-state index in [0.717, 1.165) is 48.0 Å². The lowest BCUT2D eigenvalue weighted by molar-refractivity contribution is -0.00810. The van der Waals surface area contributed by atoms with Gasteiger partial charge in [-0.1, -0.05) is 12.1 Å². The second kappa shape index (κ2) is 5.55. The first-order valence-electron chi connectivity index (χ1n) is 9.42. The highest BCUT2D eigenvalue weighted by atomic mass is 32.2. The summed E-state index contributed by atoms with van der Waals surface area (Å²) >= 11 is 0. The molecule has 6 heteroatoms. The number of aromatic nitrogens is 2. The molecular formula is C19H25N3O2S. The minimum atomic E-state index is -3.29. The third kappa shape index (κ3) is 2.89. The number of para-hydroxylation sites is 2. The van der Waals surface area contributed by atoms with Gasteiger partial charge < -0.3 is 4.57 Å². The van der Waals surface area contributed by atoms with Crippen molar-refractivity contribution in [2.75, 3.05) is 5.75 Å². The van der Waals surface area contributed by atoms with Crippen molar-refractivity contribution < 1.29 is 8.42 Å². The number of benzene rings is 1. The molecule has 2 aromatic rings. The van der Waals surface area contributed by atoms with E-state index in [2.05, 4.69) is 9.71 Å². The Kier molecular flexibility index (Phi) is 3.51. The smallest absolute Gasteiger partial charge is 0.213 e. The van der Waals surface area contributed by atoms with Crippen LogP contribution in [0.2, 0.25) is 0 Å². The van der Waals surface area contributed by atoms with Gasteiger partial charge in [0.2, 0.25) is 10.0 Å². The lowest BCUT2D eigenvalue weighted by atomic mass is 9.53. The second-order valence-electron chi connectivity index (χ2n) is 8.55. The normalized spacial score (nSPS) is 34.0. The molecule has 1 heterocycles. The maximum atomic E-state index is 12.8. The molecule has 4 bridgehead atoms. The minimum Gasteiger partial charge on any atom is -0.330 e. The van der Waals surface area contributed by atoms with Gasteiger partial charge in [0, 0.05) is 12.1 Å². The van der Waals surface area contributed by atoms with Gasteiger partial charge >= 0.3 is 0 Å². The largest absolute Gasteiger partial charge is 0.330 e. The summed E-state index contributed by atoms with van der Waals surface area (Å²) in [6.45, 7) is 0.447. The monoisotopic (exact) mass is 359 g/mol. The Morgan fingerprint density at radius 1 is 1.08 bits per heavy atom. The van der Waals surface area contributed by atoms with Gasteiger partial charge in [0.05, 0.1) is 23.1 Å². The zero-order valence-corrected chi connectivity index (χ0v) is 15.2. The van der Waals surface area contributed by atoms with E-state index in [-0.39, 0.29) is 11.3 Å². The van der Waals surface area contributed by atoms with E-state index >= 15 is 0 Å². The molecule has 0 unspecified atom stereocenters. The van der Waals surface area contributed by atoms with Crippen LogP contribution in [-0.4, -0.2) is 29.3 Å². The number of nitrogens with one attached hydrogen (secondary N) is 1. The molecule has 5 nitrogen and oxygen atoms in total. The van der Waals surface area contributed by atoms with Crippen molar-refractivity contribution in [2.45, 2.75) is 50.6 Å². The summed E-state index contributed by atoms with van der Waals surface area (Å²) < 4.78 is 30.7. The number of nitrogens with zero attached hydrogens (tertiary/aromatic N) is 2. The topological polar surface area (TPSA) is 64.0 Å². The third-order valence-electron chi connectivity index (χ3n) is 6.54. The SMILES string of the molecule is O=S(=O)(CCn1cnc2ccccc21)NC12CC3CC(CC(C3)C1)C2. The molecule has 1 N–H and O–H groups in total. The van der Waals surface area contributed by atoms with Gasteiger partial charge in [0.1, 0.15) is 0 Å². The van der Waals surface area contributed by atoms with E-state index in [1.807, 2.05) is 28.8 Å². The molecule has 134 valence electrons. The van der Waals surface area contributed by atoms with Gasteiger partial charge in [0.25, 0.3) is 0 Å². The van der Waals surface area contributed by atoms with Crippen LogP contribution in [0.3, 0.4) is 0 Å². The number of imidazole rings is 1. The first kappa shape index (κ1) is 15.8. The fourth-order valence-corrected chi connectivity index (χ4v) is 7.47. The number of hydrogen-bond donors (Lipinski definition) is 1. The first-order chi connectivity index (χ1) is 12.0. The van der Waals surface area contributed by atoms with Gasteiger partial charge in [-0.2, -0.15) is 0 Å². The van der Waals surface area contributed by atoms with Crippen LogP contribution in [0.15, 0.2) is 30.6 Å². The summed E-state index contributed by atoms with van der Waals surface area (Å²) in [5, 5.41) is 0. The molecule has 4 aliphatic rings. The Balaban J connectivity index is 1.31. The summed E-state index contributed by atoms with van der Waals surface area (Å²) in [5.41, 5.74) is 1.76. The summed E-state index contributed by atoms with van der Waals surface area (Å²) in [6.07, 6.45) is 8.85. The molecule has 0 radical (unpaired) electrons. The highest BCUT2D eigenvalue weighted by molar-refractivity contribution is 7.89. The van der Waals surface area contributed by atoms with Gasteiger partial charge in [-0.05, 0) is 68.4 Å². The van der Waals surface area contributed by atoms with E-state index in [4.69, 9.17) is 0 Å². The maximum absolute atomic E-state index is 12.8. The lowest BCUT2D eigenvalue weighted by Crippen LogP contribution is -2.60. The number of rotatable bonds is 5. The second-order valence-corrected chi connectivity index (χ2v) is 10.4. The summed E-state index contributed by atoms with van der Waals surface area (Å²) in [4.78, 5) is 4.35.